The SMILES string of the molecule is Cn1ccc(C(=O)Nc2cc(F)ccc2F)cc1=O. The summed E-state index contributed by atoms with van der Waals surface area (Å²) < 4.78 is 27.6. The summed E-state index contributed by atoms with van der Waals surface area (Å²) in [6, 6.07) is 5.26. The molecule has 1 aromatic heterocycles. The number of nitrogens with one attached hydrogen (secondary N) is 1. The Bertz CT molecular complexity index is 695. The average Bonchev–Trinajstić information content (AvgIpc) is 2.37. The molecule has 0 saturated heterocycles. The van der Waals surface area contributed by atoms with Crippen LogP contribution < -0.4 is 10.9 Å². The molecule has 1 aromatic carbocycles. The maximum absolute atomic E-state index is 13.3. The topological polar surface area (TPSA) is 51.1 Å². The monoisotopic (exact) mass is 264 g/mol. The molecule has 1 heterocycles. The molecule has 4 nitrogen and oxygen atoms in total. The molecule has 0 fully saturated rings. The zero-order chi connectivity index (χ0) is 14.0. The number of amides is 1. The van der Waals surface area contributed by atoms with E-state index in [2.05, 4.69) is 5.32 Å². The van der Waals surface area contributed by atoms with Crippen molar-refractivity contribution in [3.63, 3.8) is 0 Å². The first-order chi connectivity index (χ1) is 8.97. The van der Waals surface area contributed by atoms with Gasteiger partial charge < -0.3 is 9.88 Å². The molecule has 0 unspecified atom stereocenters. The van der Waals surface area contributed by atoms with E-state index in [0.29, 0.717) is 0 Å². The van der Waals surface area contributed by atoms with Crippen LogP contribution in [0.1, 0.15) is 10.4 Å². The number of pyridine rings is 1. The zero-order valence-electron chi connectivity index (χ0n) is 9.98. The summed E-state index contributed by atoms with van der Waals surface area (Å²) in [7, 11) is 1.54. The summed E-state index contributed by atoms with van der Waals surface area (Å²) in [4.78, 5) is 23.2. The smallest absolute Gasteiger partial charge is 0.255 e. The van der Waals surface area contributed by atoms with Crippen molar-refractivity contribution in [2.24, 2.45) is 7.05 Å². The molecule has 19 heavy (non-hydrogen) atoms. The van der Waals surface area contributed by atoms with Gasteiger partial charge in [-0.05, 0) is 18.2 Å². The second kappa shape index (κ2) is 5.01. The first kappa shape index (κ1) is 12.9. The summed E-state index contributed by atoms with van der Waals surface area (Å²) >= 11 is 0. The Hall–Kier alpha value is -2.50. The van der Waals surface area contributed by atoms with Crippen LogP contribution in [0.4, 0.5) is 14.5 Å². The summed E-state index contributed by atoms with van der Waals surface area (Å²) in [5.41, 5.74) is -0.565. The van der Waals surface area contributed by atoms with Crippen LogP contribution in [0.25, 0.3) is 0 Å². The molecule has 2 aromatic rings. The molecule has 0 bridgehead atoms. The largest absolute Gasteiger partial charge is 0.319 e. The first-order valence-corrected chi connectivity index (χ1v) is 5.40. The third-order valence-corrected chi connectivity index (χ3v) is 2.54. The Morgan fingerprint density at radius 2 is 1.95 bits per heavy atom. The van der Waals surface area contributed by atoms with Gasteiger partial charge in [-0.1, -0.05) is 0 Å². The number of anilines is 1. The number of benzene rings is 1. The predicted molar refractivity (Wildman–Crippen MR) is 66.0 cm³/mol. The lowest BCUT2D eigenvalue weighted by Crippen LogP contribution is -2.20. The number of aromatic nitrogens is 1. The van der Waals surface area contributed by atoms with Crippen LogP contribution in [0.3, 0.4) is 0 Å². The Morgan fingerprint density at radius 1 is 1.21 bits per heavy atom. The van der Waals surface area contributed by atoms with Crippen molar-refractivity contribution < 1.29 is 13.6 Å². The maximum Gasteiger partial charge on any atom is 0.255 e. The van der Waals surface area contributed by atoms with Crippen LogP contribution in [0.2, 0.25) is 0 Å². The highest BCUT2D eigenvalue weighted by Crippen LogP contribution is 2.16. The number of halogens is 2. The fraction of sp³-hybridized carbons (Fsp3) is 0.0769. The summed E-state index contributed by atoms with van der Waals surface area (Å²) in [5, 5.41) is 2.21. The van der Waals surface area contributed by atoms with Crippen LogP contribution in [0.15, 0.2) is 41.3 Å². The lowest BCUT2D eigenvalue weighted by molar-refractivity contribution is 0.102. The average molecular weight is 264 g/mol. The number of aryl methyl sites for hydroxylation is 1. The van der Waals surface area contributed by atoms with Crippen LogP contribution in [0, 0.1) is 11.6 Å². The van der Waals surface area contributed by atoms with E-state index in [1.54, 1.807) is 0 Å². The van der Waals surface area contributed by atoms with E-state index in [1.165, 1.54) is 23.9 Å². The number of carbonyl (C=O) groups excluding carboxylic acids is 1. The molecule has 0 spiro atoms. The van der Waals surface area contributed by atoms with Crippen molar-refractivity contribution >= 4 is 11.6 Å². The van der Waals surface area contributed by atoms with Crippen molar-refractivity contribution in [1.82, 2.24) is 4.57 Å². The number of carbonyl (C=O) groups is 1. The number of hydrogen-bond donors (Lipinski definition) is 1. The molecule has 0 aliphatic rings. The van der Waals surface area contributed by atoms with Gasteiger partial charge >= 0.3 is 0 Å². The van der Waals surface area contributed by atoms with E-state index in [4.69, 9.17) is 0 Å². The Morgan fingerprint density at radius 3 is 2.63 bits per heavy atom. The minimum atomic E-state index is -0.751. The van der Waals surface area contributed by atoms with Gasteiger partial charge in [-0.15, -0.1) is 0 Å². The van der Waals surface area contributed by atoms with Gasteiger partial charge in [0.05, 0.1) is 5.69 Å². The number of rotatable bonds is 2. The van der Waals surface area contributed by atoms with Gasteiger partial charge in [0.2, 0.25) is 0 Å². The van der Waals surface area contributed by atoms with Gasteiger partial charge in [-0.2, -0.15) is 0 Å². The lowest BCUT2D eigenvalue weighted by Gasteiger charge is -2.06. The third-order valence-electron chi connectivity index (χ3n) is 2.54. The van der Waals surface area contributed by atoms with E-state index in [-0.39, 0.29) is 16.8 Å². The Balaban J connectivity index is 2.28. The van der Waals surface area contributed by atoms with Gasteiger partial charge in [0.1, 0.15) is 11.6 Å². The summed E-state index contributed by atoms with van der Waals surface area (Å²) in [5.74, 6) is -2.10. The van der Waals surface area contributed by atoms with E-state index in [9.17, 15) is 18.4 Å². The third kappa shape index (κ3) is 2.85. The normalized spacial score (nSPS) is 10.3. The molecule has 0 aliphatic carbocycles. The molecule has 1 amide bonds. The van der Waals surface area contributed by atoms with Gasteiger partial charge in [-0.3, -0.25) is 9.59 Å². The van der Waals surface area contributed by atoms with Crippen LogP contribution in [-0.2, 0) is 7.05 Å². The first-order valence-electron chi connectivity index (χ1n) is 5.40. The summed E-state index contributed by atoms with van der Waals surface area (Å²) in [6.07, 6.45) is 1.42. The van der Waals surface area contributed by atoms with Gasteiger partial charge in [0, 0.05) is 30.9 Å². The standard InChI is InChI=1S/C13H10F2N2O2/c1-17-5-4-8(6-12(17)18)13(19)16-11-7-9(14)2-3-10(11)15/h2-7H,1H3,(H,16,19). The maximum atomic E-state index is 13.3. The molecule has 0 radical (unpaired) electrons. The quantitative estimate of drug-likeness (QED) is 0.900. The van der Waals surface area contributed by atoms with Crippen LogP contribution in [-0.4, -0.2) is 10.5 Å². The lowest BCUT2D eigenvalue weighted by atomic mass is 10.2. The van der Waals surface area contributed by atoms with Gasteiger partial charge in [-0.25, -0.2) is 8.78 Å². The number of nitrogens with zero attached hydrogens (tertiary/aromatic N) is 1. The molecule has 98 valence electrons. The fourth-order valence-corrected chi connectivity index (χ4v) is 1.48. The minimum absolute atomic E-state index is 0.0757. The van der Waals surface area contributed by atoms with E-state index >= 15 is 0 Å². The van der Waals surface area contributed by atoms with Crippen LogP contribution in [0.5, 0.6) is 0 Å². The fourth-order valence-electron chi connectivity index (χ4n) is 1.48. The molecular formula is C13H10F2N2O2. The Kier molecular flexibility index (Phi) is 3.41. The van der Waals surface area contributed by atoms with Crippen molar-refractivity contribution in [2.75, 3.05) is 5.32 Å². The highest BCUT2D eigenvalue weighted by molar-refractivity contribution is 6.04. The predicted octanol–water partition coefficient (Wildman–Crippen LogP) is 1.92. The molecule has 0 aliphatic heterocycles. The second-order valence-corrected chi connectivity index (χ2v) is 3.94. The van der Waals surface area contributed by atoms with Crippen molar-refractivity contribution in [3.8, 4) is 0 Å². The molecule has 0 atom stereocenters. The Labute approximate surface area is 107 Å². The second-order valence-electron chi connectivity index (χ2n) is 3.94. The molecule has 2 rings (SSSR count). The minimum Gasteiger partial charge on any atom is -0.319 e. The molecule has 6 heteroatoms. The van der Waals surface area contributed by atoms with E-state index in [1.807, 2.05) is 0 Å². The van der Waals surface area contributed by atoms with E-state index in [0.717, 1.165) is 24.3 Å². The highest BCUT2D eigenvalue weighted by atomic mass is 19.1. The van der Waals surface area contributed by atoms with E-state index < -0.39 is 17.5 Å². The van der Waals surface area contributed by atoms with Crippen molar-refractivity contribution in [2.45, 2.75) is 0 Å². The molecule has 0 saturated carbocycles. The van der Waals surface area contributed by atoms with Gasteiger partial charge in [0.15, 0.2) is 0 Å². The van der Waals surface area contributed by atoms with Crippen LogP contribution >= 0.6 is 0 Å². The number of hydrogen-bond acceptors (Lipinski definition) is 2. The van der Waals surface area contributed by atoms with Gasteiger partial charge in [0.25, 0.3) is 11.5 Å². The highest BCUT2D eigenvalue weighted by Gasteiger charge is 2.11. The zero-order valence-corrected chi connectivity index (χ0v) is 9.98. The molecular weight excluding hydrogens is 254 g/mol. The molecule has 1 N–H and O–H groups in total. The van der Waals surface area contributed by atoms with Crippen molar-refractivity contribution in [3.05, 3.63) is 64.1 Å². The summed E-state index contributed by atoms with van der Waals surface area (Å²) in [6.45, 7) is 0. The van der Waals surface area contributed by atoms with Crippen molar-refractivity contribution in [1.29, 1.82) is 0 Å².